The minimum atomic E-state index is 0.484. The first-order valence-corrected chi connectivity index (χ1v) is 9.60. The quantitative estimate of drug-likeness (QED) is 0.583. The van der Waals surface area contributed by atoms with Gasteiger partial charge in [0, 0.05) is 49.8 Å². The molecule has 0 aliphatic rings. The van der Waals surface area contributed by atoms with Crippen molar-refractivity contribution in [3.05, 3.63) is 64.9 Å². The summed E-state index contributed by atoms with van der Waals surface area (Å²) in [6.45, 7) is 8.17. The fourth-order valence-corrected chi connectivity index (χ4v) is 3.71. The van der Waals surface area contributed by atoms with Crippen LogP contribution >= 0.6 is 11.3 Å². The van der Waals surface area contributed by atoms with Gasteiger partial charge in [0.2, 0.25) is 0 Å². The van der Waals surface area contributed by atoms with E-state index in [-0.39, 0.29) is 0 Å². The molecule has 0 radical (unpaired) electrons. The van der Waals surface area contributed by atoms with E-state index >= 15 is 0 Å². The van der Waals surface area contributed by atoms with Gasteiger partial charge in [-0.2, -0.15) is 0 Å². The molecule has 3 aromatic heterocycles. The Kier molecular flexibility index (Phi) is 6.30. The minimum absolute atomic E-state index is 0.484. The topological polar surface area (TPSA) is 46.8 Å². The van der Waals surface area contributed by atoms with Crippen molar-refractivity contribution < 1.29 is 0 Å². The van der Waals surface area contributed by atoms with E-state index in [1.807, 2.05) is 37.2 Å². The Balaban J connectivity index is 1.62. The van der Waals surface area contributed by atoms with Crippen LogP contribution in [0, 0.1) is 0 Å². The maximum absolute atomic E-state index is 4.80. The molecule has 0 N–H and O–H groups in total. The van der Waals surface area contributed by atoms with E-state index in [0.29, 0.717) is 5.92 Å². The van der Waals surface area contributed by atoms with Gasteiger partial charge in [-0.1, -0.05) is 19.9 Å². The van der Waals surface area contributed by atoms with E-state index in [1.165, 1.54) is 16.3 Å². The first kappa shape index (κ1) is 17.8. The van der Waals surface area contributed by atoms with Gasteiger partial charge in [-0.3, -0.25) is 9.88 Å². The molecule has 0 amide bonds. The number of rotatable bonds is 9. The summed E-state index contributed by atoms with van der Waals surface area (Å²) in [7, 11) is 0. The Morgan fingerprint density at radius 1 is 1.20 bits per heavy atom. The summed E-state index contributed by atoms with van der Waals surface area (Å²) in [6, 6.07) is 4.14. The van der Waals surface area contributed by atoms with Crippen molar-refractivity contribution in [1.29, 1.82) is 0 Å². The van der Waals surface area contributed by atoms with Crippen molar-refractivity contribution >= 4 is 11.3 Å². The Labute approximate surface area is 153 Å². The van der Waals surface area contributed by atoms with Crippen molar-refractivity contribution in [2.45, 2.75) is 45.8 Å². The molecule has 6 heteroatoms. The summed E-state index contributed by atoms with van der Waals surface area (Å²) in [4.78, 5) is 15.6. The van der Waals surface area contributed by atoms with Crippen molar-refractivity contribution in [1.82, 2.24) is 24.4 Å². The molecule has 0 aliphatic heterocycles. The molecule has 3 rings (SSSR count). The molecule has 3 heterocycles. The van der Waals surface area contributed by atoms with Crippen molar-refractivity contribution in [3.63, 3.8) is 0 Å². The molecule has 5 nitrogen and oxygen atoms in total. The van der Waals surface area contributed by atoms with Crippen molar-refractivity contribution in [3.8, 4) is 0 Å². The van der Waals surface area contributed by atoms with Gasteiger partial charge in [-0.05, 0) is 24.0 Å². The number of aromatic nitrogens is 4. The van der Waals surface area contributed by atoms with Crippen LogP contribution in [0.4, 0.5) is 0 Å². The lowest BCUT2D eigenvalue weighted by Gasteiger charge is -2.21. The van der Waals surface area contributed by atoms with Crippen LogP contribution in [0.5, 0.6) is 0 Å². The molecular weight excluding hydrogens is 330 g/mol. The normalized spacial score (nSPS) is 11.5. The predicted octanol–water partition coefficient (Wildman–Crippen LogP) is 3.95. The number of aryl methyl sites for hydroxylation is 1. The molecule has 0 atom stereocenters. The highest BCUT2D eigenvalue weighted by atomic mass is 32.1. The van der Waals surface area contributed by atoms with Crippen LogP contribution in [0.1, 0.15) is 42.5 Å². The van der Waals surface area contributed by atoms with Gasteiger partial charge in [0.25, 0.3) is 0 Å². The molecular formula is C19H25N5S. The van der Waals surface area contributed by atoms with E-state index in [9.17, 15) is 0 Å². The molecule has 0 bridgehead atoms. The fraction of sp³-hybridized carbons (Fsp3) is 0.421. The third-order valence-corrected chi connectivity index (χ3v) is 4.95. The smallest absolute Gasteiger partial charge is 0.107 e. The van der Waals surface area contributed by atoms with Gasteiger partial charge in [0.15, 0.2) is 0 Å². The average Bonchev–Trinajstić information content (AvgIpc) is 3.27. The number of hydrogen-bond acceptors (Lipinski definition) is 5. The third kappa shape index (κ3) is 5.47. The Bertz CT molecular complexity index is 736. The highest BCUT2D eigenvalue weighted by Crippen LogP contribution is 2.20. The summed E-state index contributed by atoms with van der Waals surface area (Å²) in [6.07, 6.45) is 10.6. The second kappa shape index (κ2) is 8.87. The summed E-state index contributed by atoms with van der Waals surface area (Å²) in [5.74, 6) is 0.484. The van der Waals surface area contributed by atoms with Crippen LogP contribution in [0.15, 0.2) is 48.6 Å². The van der Waals surface area contributed by atoms with E-state index in [2.05, 4.69) is 44.7 Å². The zero-order chi connectivity index (χ0) is 17.5. The van der Waals surface area contributed by atoms with Crippen LogP contribution in [0.2, 0.25) is 0 Å². The molecule has 0 aromatic carbocycles. The van der Waals surface area contributed by atoms with E-state index in [1.54, 1.807) is 11.3 Å². The molecule has 0 fully saturated rings. The van der Waals surface area contributed by atoms with Gasteiger partial charge >= 0.3 is 0 Å². The lowest BCUT2D eigenvalue weighted by molar-refractivity contribution is 0.247. The van der Waals surface area contributed by atoms with Crippen molar-refractivity contribution in [2.75, 3.05) is 6.54 Å². The van der Waals surface area contributed by atoms with Crippen LogP contribution in [0.25, 0.3) is 0 Å². The Morgan fingerprint density at radius 3 is 2.80 bits per heavy atom. The third-order valence-electron chi connectivity index (χ3n) is 4.10. The van der Waals surface area contributed by atoms with Crippen LogP contribution in [-0.2, 0) is 19.6 Å². The maximum Gasteiger partial charge on any atom is 0.107 e. The summed E-state index contributed by atoms with van der Waals surface area (Å²) >= 11 is 1.76. The van der Waals surface area contributed by atoms with E-state index in [0.717, 1.165) is 32.6 Å². The van der Waals surface area contributed by atoms with Crippen LogP contribution in [0.3, 0.4) is 0 Å². The van der Waals surface area contributed by atoms with Gasteiger partial charge in [-0.25, -0.2) is 9.97 Å². The van der Waals surface area contributed by atoms with Gasteiger partial charge in [-0.15, -0.1) is 11.3 Å². The number of thiazole rings is 1. The minimum Gasteiger partial charge on any atom is -0.337 e. The largest absolute Gasteiger partial charge is 0.337 e. The highest BCUT2D eigenvalue weighted by molar-refractivity contribution is 7.09. The summed E-state index contributed by atoms with van der Waals surface area (Å²) in [5.41, 5.74) is 2.44. The molecule has 0 aliphatic carbocycles. The second-order valence-corrected chi connectivity index (χ2v) is 7.49. The molecule has 25 heavy (non-hydrogen) atoms. The molecule has 0 unspecified atom stereocenters. The predicted molar refractivity (Wildman–Crippen MR) is 101 cm³/mol. The number of hydrogen-bond donors (Lipinski definition) is 0. The van der Waals surface area contributed by atoms with Gasteiger partial charge in [0.1, 0.15) is 5.01 Å². The summed E-state index contributed by atoms with van der Waals surface area (Å²) in [5, 5.41) is 3.38. The first-order valence-electron chi connectivity index (χ1n) is 8.72. The van der Waals surface area contributed by atoms with Crippen molar-refractivity contribution in [2.24, 2.45) is 0 Å². The molecule has 132 valence electrons. The summed E-state index contributed by atoms with van der Waals surface area (Å²) < 4.78 is 2.13. The highest BCUT2D eigenvalue weighted by Gasteiger charge is 2.12. The zero-order valence-electron chi connectivity index (χ0n) is 14.9. The van der Waals surface area contributed by atoms with Gasteiger partial charge < -0.3 is 4.57 Å². The maximum atomic E-state index is 4.80. The molecule has 0 saturated carbocycles. The first-order chi connectivity index (χ1) is 12.2. The Hall–Kier alpha value is -2.05. The van der Waals surface area contributed by atoms with Gasteiger partial charge in [0.05, 0.1) is 18.6 Å². The van der Waals surface area contributed by atoms with Crippen LogP contribution < -0.4 is 0 Å². The molecule has 0 saturated heterocycles. The number of pyridine rings is 1. The van der Waals surface area contributed by atoms with E-state index < -0.39 is 0 Å². The lowest BCUT2D eigenvalue weighted by Crippen LogP contribution is -2.25. The number of nitrogens with zero attached hydrogens (tertiary/aromatic N) is 5. The molecule has 3 aromatic rings. The number of imidazole rings is 1. The zero-order valence-corrected chi connectivity index (χ0v) is 15.7. The SMILES string of the molecule is CC(C)c1csc(CN(CCCn2ccnc2)Cc2cccnc2)n1. The Morgan fingerprint density at radius 2 is 2.12 bits per heavy atom. The van der Waals surface area contributed by atoms with E-state index in [4.69, 9.17) is 4.98 Å². The second-order valence-electron chi connectivity index (χ2n) is 6.55. The fourth-order valence-electron chi connectivity index (χ4n) is 2.71. The standard InChI is InChI=1S/C19H25N5S/c1-16(2)18-14-25-19(22-18)13-24(12-17-5-3-6-20-11-17)9-4-8-23-10-7-21-15-23/h3,5-7,10-11,14-16H,4,8-9,12-13H2,1-2H3. The lowest BCUT2D eigenvalue weighted by atomic mass is 10.2. The molecule has 0 spiro atoms. The monoisotopic (exact) mass is 355 g/mol. The average molecular weight is 356 g/mol. The van der Waals surface area contributed by atoms with Crippen LogP contribution in [-0.4, -0.2) is 31.0 Å².